The molecule has 0 atom stereocenters. The summed E-state index contributed by atoms with van der Waals surface area (Å²) < 4.78 is 5.18. The Bertz CT molecular complexity index is 335. The van der Waals surface area contributed by atoms with E-state index >= 15 is 0 Å². The monoisotopic (exact) mass is 238 g/mol. The molecule has 6 heteroatoms. The summed E-state index contributed by atoms with van der Waals surface area (Å²) in [5, 5.41) is 9.64. The molecule has 0 fully saturated rings. The van der Waals surface area contributed by atoms with Gasteiger partial charge in [0, 0.05) is 0 Å². The molecule has 0 spiro atoms. The quantitative estimate of drug-likeness (QED) is 0.636. The Hall–Kier alpha value is -0.390. The molecule has 0 unspecified atom stereocenters. The number of esters is 1. The Morgan fingerprint density at radius 1 is 1.69 bits per heavy atom. The van der Waals surface area contributed by atoms with Gasteiger partial charge < -0.3 is 9.84 Å². The first-order valence-electron chi connectivity index (χ1n) is 3.25. The van der Waals surface area contributed by atoms with Crippen LogP contribution >= 0.6 is 34.7 Å². The predicted octanol–water partition coefficient (Wildman–Crippen LogP) is 2.62. The number of carbonyl (C=O) groups excluding carboxylic acids is 1. The molecule has 0 saturated heterocycles. The Kier molecular flexibility index (Phi) is 3.47. The van der Waals surface area contributed by atoms with Crippen LogP contribution in [0.4, 0.5) is 0 Å². The first kappa shape index (κ1) is 10.7. The average Bonchev–Trinajstić information content (AvgIpc) is 2.43. The van der Waals surface area contributed by atoms with Crippen LogP contribution in [0.5, 0.6) is 5.75 Å². The highest BCUT2D eigenvalue weighted by atomic mass is 35.5. The van der Waals surface area contributed by atoms with E-state index in [9.17, 15) is 9.90 Å². The van der Waals surface area contributed by atoms with E-state index < -0.39 is 5.97 Å². The molecular weight excluding hydrogens is 232 g/mol. The third-order valence-corrected chi connectivity index (χ3v) is 4.22. The topological polar surface area (TPSA) is 46.5 Å². The SMILES string of the molecule is COC(=O)c1sc(SC)c(Cl)c1O. The zero-order chi connectivity index (χ0) is 10.0. The Morgan fingerprint density at radius 3 is 2.69 bits per heavy atom. The van der Waals surface area contributed by atoms with E-state index in [-0.39, 0.29) is 15.6 Å². The van der Waals surface area contributed by atoms with E-state index in [2.05, 4.69) is 4.74 Å². The summed E-state index contributed by atoms with van der Waals surface area (Å²) in [6.07, 6.45) is 1.82. The van der Waals surface area contributed by atoms with E-state index in [1.54, 1.807) is 0 Å². The summed E-state index contributed by atoms with van der Waals surface area (Å²) in [6, 6.07) is 0. The molecule has 0 amide bonds. The van der Waals surface area contributed by atoms with Gasteiger partial charge in [0.2, 0.25) is 0 Å². The van der Waals surface area contributed by atoms with E-state index in [0.717, 1.165) is 11.3 Å². The Labute approximate surface area is 88.7 Å². The maximum absolute atomic E-state index is 11.1. The van der Waals surface area contributed by atoms with Gasteiger partial charge in [0.25, 0.3) is 0 Å². The van der Waals surface area contributed by atoms with Gasteiger partial charge in [-0.05, 0) is 6.26 Å². The lowest BCUT2D eigenvalue weighted by molar-refractivity contribution is 0.0603. The minimum atomic E-state index is -0.565. The standard InChI is InChI=1S/C7H7ClO3S2/c1-11-6(10)5-4(9)3(8)7(12-2)13-5/h9H,1-2H3. The molecule has 0 aliphatic rings. The van der Waals surface area contributed by atoms with Crippen LogP contribution in [0.15, 0.2) is 4.21 Å². The molecule has 1 N–H and O–H groups in total. The molecule has 0 bridgehead atoms. The van der Waals surface area contributed by atoms with Crippen molar-refractivity contribution in [1.82, 2.24) is 0 Å². The van der Waals surface area contributed by atoms with Crippen molar-refractivity contribution in [3.8, 4) is 5.75 Å². The molecule has 1 heterocycles. The van der Waals surface area contributed by atoms with Crippen molar-refractivity contribution in [3.63, 3.8) is 0 Å². The number of carbonyl (C=O) groups is 1. The number of rotatable bonds is 2. The summed E-state index contributed by atoms with van der Waals surface area (Å²) in [7, 11) is 1.26. The smallest absolute Gasteiger partial charge is 0.351 e. The van der Waals surface area contributed by atoms with E-state index in [4.69, 9.17) is 11.6 Å². The molecule has 0 aliphatic carbocycles. The molecule has 0 saturated carbocycles. The third-order valence-electron chi connectivity index (χ3n) is 1.35. The number of hydrogen-bond acceptors (Lipinski definition) is 5. The second kappa shape index (κ2) is 4.21. The molecule has 1 aromatic heterocycles. The van der Waals surface area contributed by atoms with Crippen molar-refractivity contribution in [3.05, 3.63) is 9.90 Å². The highest BCUT2D eigenvalue weighted by Crippen LogP contribution is 2.43. The first-order chi connectivity index (χ1) is 6.11. The molecule has 3 nitrogen and oxygen atoms in total. The molecule has 1 rings (SSSR count). The van der Waals surface area contributed by atoms with Gasteiger partial charge in [0.1, 0.15) is 5.02 Å². The number of halogens is 1. The normalized spacial score (nSPS) is 10.1. The number of thiophene rings is 1. The van der Waals surface area contributed by atoms with Gasteiger partial charge in [0.15, 0.2) is 10.6 Å². The summed E-state index contributed by atoms with van der Waals surface area (Å²) in [4.78, 5) is 11.2. The fourth-order valence-electron chi connectivity index (χ4n) is 0.745. The summed E-state index contributed by atoms with van der Waals surface area (Å²) in [5.41, 5.74) is 0. The minimum absolute atomic E-state index is 0.150. The summed E-state index contributed by atoms with van der Waals surface area (Å²) >= 11 is 8.25. The van der Waals surface area contributed by atoms with Gasteiger partial charge in [0.05, 0.1) is 11.3 Å². The second-order valence-electron chi connectivity index (χ2n) is 2.08. The Morgan fingerprint density at radius 2 is 2.31 bits per heavy atom. The number of thioether (sulfide) groups is 1. The number of hydrogen-bond donors (Lipinski definition) is 1. The highest BCUT2D eigenvalue weighted by molar-refractivity contribution is 8.00. The lowest BCUT2D eigenvalue weighted by Crippen LogP contribution is -1.97. The molecule has 72 valence electrons. The van der Waals surface area contributed by atoms with E-state index in [0.29, 0.717) is 4.21 Å². The first-order valence-corrected chi connectivity index (χ1v) is 5.67. The predicted molar refractivity (Wildman–Crippen MR) is 54.1 cm³/mol. The van der Waals surface area contributed by atoms with Gasteiger partial charge in [-0.3, -0.25) is 0 Å². The van der Waals surface area contributed by atoms with Crippen LogP contribution in [0.3, 0.4) is 0 Å². The van der Waals surface area contributed by atoms with Crippen LogP contribution < -0.4 is 0 Å². The largest absolute Gasteiger partial charge is 0.505 e. The van der Waals surface area contributed by atoms with Crippen molar-refractivity contribution >= 4 is 40.7 Å². The lowest BCUT2D eigenvalue weighted by Gasteiger charge is -1.94. The van der Waals surface area contributed by atoms with Gasteiger partial charge >= 0.3 is 5.97 Å². The van der Waals surface area contributed by atoms with Crippen molar-refractivity contribution < 1.29 is 14.6 Å². The number of aromatic hydroxyl groups is 1. The molecule has 1 aromatic rings. The zero-order valence-corrected chi connectivity index (χ0v) is 9.35. The average molecular weight is 239 g/mol. The summed E-state index contributed by atoms with van der Waals surface area (Å²) in [5.74, 6) is -0.757. The van der Waals surface area contributed by atoms with Crippen LogP contribution in [-0.2, 0) is 4.74 Å². The van der Waals surface area contributed by atoms with Crippen LogP contribution in [0, 0.1) is 0 Å². The van der Waals surface area contributed by atoms with Gasteiger partial charge in [-0.15, -0.1) is 23.1 Å². The van der Waals surface area contributed by atoms with Crippen LogP contribution in [0.1, 0.15) is 9.67 Å². The van der Waals surface area contributed by atoms with E-state index in [1.807, 2.05) is 6.26 Å². The second-order valence-corrected chi connectivity index (χ2v) is 4.55. The van der Waals surface area contributed by atoms with Crippen molar-refractivity contribution in [2.75, 3.05) is 13.4 Å². The lowest BCUT2D eigenvalue weighted by atomic mass is 10.4. The van der Waals surface area contributed by atoms with Crippen molar-refractivity contribution in [2.45, 2.75) is 4.21 Å². The Balaban J connectivity index is 3.17. The van der Waals surface area contributed by atoms with Gasteiger partial charge in [-0.25, -0.2) is 4.79 Å². The summed E-state index contributed by atoms with van der Waals surface area (Å²) in [6.45, 7) is 0. The molecule has 0 radical (unpaired) electrons. The van der Waals surface area contributed by atoms with Crippen LogP contribution in [-0.4, -0.2) is 24.4 Å². The fourth-order valence-corrected chi connectivity index (χ4v) is 2.84. The zero-order valence-electron chi connectivity index (χ0n) is 6.96. The van der Waals surface area contributed by atoms with Crippen molar-refractivity contribution in [2.24, 2.45) is 0 Å². The minimum Gasteiger partial charge on any atom is -0.505 e. The molecule has 13 heavy (non-hydrogen) atoms. The van der Waals surface area contributed by atoms with Gasteiger partial charge in [-0.1, -0.05) is 11.6 Å². The number of ether oxygens (including phenoxy) is 1. The molecule has 0 aromatic carbocycles. The van der Waals surface area contributed by atoms with Crippen LogP contribution in [0.2, 0.25) is 5.02 Å². The van der Waals surface area contributed by atoms with E-state index in [1.165, 1.54) is 18.9 Å². The molecular formula is C7H7ClO3S2. The van der Waals surface area contributed by atoms with Crippen molar-refractivity contribution in [1.29, 1.82) is 0 Å². The maximum atomic E-state index is 11.1. The van der Waals surface area contributed by atoms with Gasteiger partial charge in [-0.2, -0.15) is 0 Å². The molecule has 0 aliphatic heterocycles. The number of methoxy groups -OCH3 is 1. The maximum Gasteiger partial charge on any atom is 0.351 e. The highest BCUT2D eigenvalue weighted by Gasteiger charge is 2.21. The third kappa shape index (κ3) is 1.92. The fraction of sp³-hybridized carbons (Fsp3) is 0.286. The van der Waals surface area contributed by atoms with Crippen LogP contribution in [0.25, 0.3) is 0 Å².